The standard InChI is InChI=1S/C47H52N6/c1-39(43-10-6-3-7-11-43)53-34-32-51(37-41-12-16-44(17-13-41)46-20-24-48-25-21-46)30-28-50(36-40-8-4-2-5-9-40)29-31-52(33-35-53)38-42-14-18-45(19-15-42)47-22-26-49-27-23-47/h2-27,39H,28-38H2,1H3. The van der Waals surface area contributed by atoms with Crippen LogP contribution in [0.5, 0.6) is 0 Å². The summed E-state index contributed by atoms with van der Waals surface area (Å²) in [5, 5.41) is 0. The molecule has 0 saturated carbocycles. The fourth-order valence-corrected chi connectivity index (χ4v) is 7.41. The molecule has 0 bridgehead atoms. The molecule has 6 heteroatoms. The highest BCUT2D eigenvalue weighted by Gasteiger charge is 2.21. The fraction of sp³-hybridized carbons (Fsp3) is 0.277. The van der Waals surface area contributed by atoms with Crippen molar-refractivity contribution in [3.05, 3.63) is 181 Å². The monoisotopic (exact) mass is 700 g/mol. The van der Waals surface area contributed by atoms with E-state index in [-0.39, 0.29) is 0 Å². The van der Waals surface area contributed by atoms with E-state index in [9.17, 15) is 0 Å². The summed E-state index contributed by atoms with van der Waals surface area (Å²) in [6.07, 6.45) is 7.46. The molecule has 0 spiro atoms. The molecule has 6 nitrogen and oxygen atoms in total. The lowest BCUT2D eigenvalue weighted by Crippen LogP contribution is -2.46. The van der Waals surface area contributed by atoms with Crippen LogP contribution in [0, 0.1) is 0 Å². The zero-order valence-electron chi connectivity index (χ0n) is 31.0. The van der Waals surface area contributed by atoms with E-state index in [0.717, 1.165) is 72.0 Å². The van der Waals surface area contributed by atoms with Crippen molar-refractivity contribution in [2.75, 3.05) is 52.4 Å². The maximum absolute atomic E-state index is 4.20. The van der Waals surface area contributed by atoms with Gasteiger partial charge in [-0.2, -0.15) is 0 Å². The number of hydrogen-bond donors (Lipinski definition) is 0. The Balaban J connectivity index is 1.11. The highest BCUT2D eigenvalue weighted by Crippen LogP contribution is 2.23. The van der Waals surface area contributed by atoms with Crippen molar-refractivity contribution in [3.8, 4) is 22.3 Å². The van der Waals surface area contributed by atoms with Crippen molar-refractivity contribution in [2.45, 2.75) is 32.6 Å². The van der Waals surface area contributed by atoms with E-state index in [1.807, 2.05) is 24.8 Å². The van der Waals surface area contributed by atoms with Crippen LogP contribution in [-0.2, 0) is 19.6 Å². The Morgan fingerprint density at radius 1 is 0.396 bits per heavy atom. The molecule has 1 atom stereocenters. The normalized spacial score (nSPS) is 16.4. The third-order valence-electron chi connectivity index (χ3n) is 10.7. The van der Waals surface area contributed by atoms with Gasteiger partial charge in [0, 0.05) is 103 Å². The Bertz CT molecular complexity index is 1820. The topological polar surface area (TPSA) is 38.7 Å². The van der Waals surface area contributed by atoms with Crippen LogP contribution < -0.4 is 0 Å². The van der Waals surface area contributed by atoms with Crippen LogP contribution in [0.3, 0.4) is 0 Å². The molecule has 53 heavy (non-hydrogen) atoms. The fourth-order valence-electron chi connectivity index (χ4n) is 7.41. The predicted octanol–water partition coefficient (Wildman–Crippen LogP) is 8.69. The van der Waals surface area contributed by atoms with Gasteiger partial charge in [-0.25, -0.2) is 0 Å². The van der Waals surface area contributed by atoms with Gasteiger partial charge in [0.05, 0.1) is 0 Å². The van der Waals surface area contributed by atoms with E-state index in [2.05, 4.69) is 170 Å². The highest BCUT2D eigenvalue weighted by molar-refractivity contribution is 5.63. The minimum absolute atomic E-state index is 0.330. The molecule has 1 saturated heterocycles. The van der Waals surface area contributed by atoms with Crippen molar-refractivity contribution in [1.29, 1.82) is 0 Å². The Morgan fingerprint density at radius 2 is 0.736 bits per heavy atom. The summed E-state index contributed by atoms with van der Waals surface area (Å²) < 4.78 is 0. The molecule has 1 aliphatic heterocycles. The van der Waals surface area contributed by atoms with Gasteiger partial charge in [0.2, 0.25) is 0 Å². The van der Waals surface area contributed by atoms with Gasteiger partial charge in [0.15, 0.2) is 0 Å². The van der Waals surface area contributed by atoms with Crippen molar-refractivity contribution in [3.63, 3.8) is 0 Å². The maximum Gasteiger partial charge on any atom is 0.0320 e. The van der Waals surface area contributed by atoms with E-state index >= 15 is 0 Å². The molecule has 1 unspecified atom stereocenters. The lowest BCUT2D eigenvalue weighted by atomic mass is 10.0. The number of rotatable bonds is 10. The van der Waals surface area contributed by atoms with Crippen LogP contribution in [0.1, 0.15) is 35.2 Å². The van der Waals surface area contributed by atoms with E-state index < -0.39 is 0 Å². The maximum atomic E-state index is 4.20. The van der Waals surface area contributed by atoms with Crippen molar-refractivity contribution < 1.29 is 0 Å². The quantitative estimate of drug-likeness (QED) is 0.142. The van der Waals surface area contributed by atoms with Gasteiger partial charge in [-0.1, -0.05) is 109 Å². The first-order chi connectivity index (χ1) is 26.2. The molecule has 0 radical (unpaired) electrons. The van der Waals surface area contributed by atoms with Crippen LogP contribution in [0.2, 0.25) is 0 Å². The predicted molar refractivity (Wildman–Crippen MR) is 218 cm³/mol. The van der Waals surface area contributed by atoms with Crippen molar-refractivity contribution in [2.24, 2.45) is 0 Å². The molecule has 270 valence electrons. The van der Waals surface area contributed by atoms with Gasteiger partial charge in [-0.05, 0) is 75.7 Å². The molecule has 0 aliphatic carbocycles. The second-order valence-corrected chi connectivity index (χ2v) is 14.3. The zero-order chi connectivity index (χ0) is 36.1. The minimum atomic E-state index is 0.330. The Labute approximate surface area is 316 Å². The molecule has 0 amide bonds. The molecule has 4 aromatic carbocycles. The summed E-state index contributed by atoms with van der Waals surface area (Å²) in [5.74, 6) is 0. The molecule has 1 aliphatic rings. The molecular formula is C47H52N6. The number of pyridine rings is 2. The van der Waals surface area contributed by atoms with Gasteiger partial charge >= 0.3 is 0 Å². The smallest absolute Gasteiger partial charge is 0.0320 e. The molecule has 0 N–H and O–H groups in total. The summed E-state index contributed by atoms with van der Waals surface area (Å²) in [5.41, 5.74) is 10.3. The summed E-state index contributed by atoms with van der Waals surface area (Å²) in [7, 11) is 0. The SMILES string of the molecule is CC(c1ccccc1)N1CCN(Cc2ccc(-c3ccncc3)cc2)CCN(Cc2ccccc2)CCN(Cc2ccc(-c3ccncc3)cc2)CC1. The van der Waals surface area contributed by atoms with Crippen LogP contribution in [0.15, 0.2) is 158 Å². The number of hydrogen-bond acceptors (Lipinski definition) is 6. The Kier molecular flexibility index (Phi) is 12.8. The average Bonchev–Trinajstić information content (AvgIpc) is 3.22. The van der Waals surface area contributed by atoms with E-state index in [1.54, 1.807) is 0 Å². The van der Waals surface area contributed by atoms with E-state index in [1.165, 1.54) is 44.5 Å². The van der Waals surface area contributed by atoms with Gasteiger partial charge in [-0.3, -0.25) is 29.6 Å². The molecule has 6 aromatic rings. The number of nitrogens with zero attached hydrogens (tertiary/aromatic N) is 6. The van der Waals surface area contributed by atoms with Gasteiger partial charge < -0.3 is 0 Å². The van der Waals surface area contributed by atoms with Crippen molar-refractivity contribution in [1.82, 2.24) is 29.6 Å². The Morgan fingerprint density at radius 3 is 1.15 bits per heavy atom. The van der Waals surface area contributed by atoms with Gasteiger partial charge in [0.25, 0.3) is 0 Å². The zero-order valence-corrected chi connectivity index (χ0v) is 31.0. The van der Waals surface area contributed by atoms with Gasteiger partial charge in [0.1, 0.15) is 0 Å². The lowest BCUT2D eigenvalue weighted by molar-refractivity contribution is 0.108. The summed E-state index contributed by atoms with van der Waals surface area (Å²) in [6, 6.07) is 48.9. The number of aromatic nitrogens is 2. The number of benzene rings is 4. The van der Waals surface area contributed by atoms with Crippen molar-refractivity contribution >= 4 is 0 Å². The van der Waals surface area contributed by atoms with E-state index in [0.29, 0.717) is 6.04 Å². The first kappa shape index (κ1) is 36.4. The lowest BCUT2D eigenvalue weighted by Gasteiger charge is -2.37. The summed E-state index contributed by atoms with van der Waals surface area (Å²) >= 11 is 0. The Hall–Kier alpha value is -4.98. The molecule has 1 fully saturated rings. The van der Waals surface area contributed by atoms with Gasteiger partial charge in [-0.15, -0.1) is 0 Å². The first-order valence-electron chi connectivity index (χ1n) is 19.1. The molecule has 2 aromatic heterocycles. The third-order valence-corrected chi connectivity index (χ3v) is 10.7. The highest BCUT2D eigenvalue weighted by atomic mass is 15.3. The summed E-state index contributed by atoms with van der Waals surface area (Å²) in [4.78, 5) is 19.1. The first-order valence-corrected chi connectivity index (χ1v) is 19.1. The average molecular weight is 701 g/mol. The molecule has 7 rings (SSSR count). The minimum Gasteiger partial charge on any atom is -0.297 e. The second kappa shape index (κ2) is 18.7. The van der Waals surface area contributed by atoms with Crippen LogP contribution in [-0.4, -0.2) is 81.9 Å². The van der Waals surface area contributed by atoms with E-state index in [4.69, 9.17) is 0 Å². The van der Waals surface area contributed by atoms with Crippen LogP contribution in [0.25, 0.3) is 22.3 Å². The third kappa shape index (κ3) is 10.6. The molecular weight excluding hydrogens is 649 g/mol. The molecule has 3 heterocycles. The largest absolute Gasteiger partial charge is 0.297 e. The van der Waals surface area contributed by atoms with Crippen LogP contribution >= 0.6 is 0 Å². The second-order valence-electron chi connectivity index (χ2n) is 14.3. The van der Waals surface area contributed by atoms with Crippen LogP contribution in [0.4, 0.5) is 0 Å². The summed E-state index contributed by atoms with van der Waals surface area (Å²) in [6.45, 7) is 13.3.